The smallest absolute Gasteiger partial charge is 0.252 e. The zero-order chi connectivity index (χ0) is 12.1. The summed E-state index contributed by atoms with van der Waals surface area (Å²) >= 11 is 0. The van der Waals surface area contributed by atoms with Gasteiger partial charge in [-0.25, -0.2) is 0 Å². The van der Waals surface area contributed by atoms with Crippen molar-refractivity contribution in [2.45, 2.75) is 19.8 Å². The van der Waals surface area contributed by atoms with Crippen LogP contribution in [0.3, 0.4) is 0 Å². The van der Waals surface area contributed by atoms with Crippen LogP contribution in [0.1, 0.15) is 30.1 Å². The van der Waals surface area contributed by atoms with E-state index in [4.69, 9.17) is 0 Å². The number of nitrogens with one attached hydrogen (secondary N) is 1. The van der Waals surface area contributed by atoms with Crippen molar-refractivity contribution in [3.05, 3.63) is 54.6 Å². The van der Waals surface area contributed by atoms with Crippen molar-refractivity contribution in [2.24, 2.45) is 0 Å². The van der Waals surface area contributed by atoms with Gasteiger partial charge in [-0.2, -0.15) is 0 Å². The van der Waals surface area contributed by atoms with Crippen LogP contribution in [0.2, 0.25) is 0 Å². The maximum atomic E-state index is 12.0. The third kappa shape index (κ3) is 2.64. The van der Waals surface area contributed by atoms with Gasteiger partial charge in [0.15, 0.2) is 0 Å². The Morgan fingerprint density at radius 3 is 2.76 bits per heavy atom. The Morgan fingerprint density at radius 1 is 1.18 bits per heavy atom. The fourth-order valence-corrected chi connectivity index (χ4v) is 1.81. The van der Waals surface area contributed by atoms with Gasteiger partial charge < -0.3 is 5.32 Å². The van der Waals surface area contributed by atoms with Gasteiger partial charge in [-0.05, 0) is 23.3 Å². The Hall–Kier alpha value is -1.83. The molecule has 0 heterocycles. The molecule has 17 heavy (non-hydrogen) atoms. The van der Waals surface area contributed by atoms with E-state index in [0.717, 1.165) is 29.2 Å². The molecule has 1 amide bonds. The van der Waals surface area contributed by atoms with Gasteiger partial charge in [0, 0.05) is 12.1 Å². The second kappa shape index (κ2) is 5.48. The lowest BCUT2D eigenvalue weighted by Gasteiger charge is -2.07. The standard InChI is InChI=1S/C15H16NO/c1-2-3-11-16-15(17)14-10-6-8-12-7-4-5-9-13(12)14/h4-11H,2-3H2,1H3,(H,16,17). The minimum Gasteiger partial charge on any atom is -0.347 e. The van der Waals surface area contributed by atoms with E-state index in [1.807, 2.05) is 49.0 Å². The maximum absolute atomic E-state index is 12.0. The number of fused-ring (bicyclic) bond motifs is 1. The highest BCUT2D eigenvalue weighted by Gasteiger charge is 2.08. The van der Waals surface area contributed by atoms with Crippen LogP contribution in [0.5, 0.6) is 0 Å². The fraction of sp³-hybridized carbons (Fsp3) is 0.200. The Morgan fingerprint density at radius 2 is 1.94 bits per heavy atom. The molecule has 0 aliphatic rings. The molecule has 0 aliphatic carbocycles. The normalized spacial score (nSPS) is 10.4. The van der Waals surface area contributed by atoms with E-state index in [2.05, 4.69) is 12.2 Å². The number of hydrogen-bond acceptors (Lipinski definition) is 1. The van der Waals surface area contributed by atoms with E-state index in [0.29, 0.717) is 0 Å². The molecule has 1 N–H and O–H groups in total. The summed E-state index contributed by atoms with van der Waals surface area (Å²) < 4.78 is 0. The molecule has 0 spiro atoms. The van der Waals surface area contributed by atoms with Crippen LogP contribution < -0.4 is 5.32 Å². The zero-order valence-electron chi connectivity index (χ0n) is 9.94. The monoisotopic (exact) mass is 226 g/mol. The predicted molar refractivity (Wildman–Crippen MR) is 70.6 cm³/mol. The molecule has 0 atom stereocenters. The van der Waals surface area contributed by atoms with Crippen LogP contribution in [0, 0.1) is 6.54 Å². The average molecular weight is 226 g/mol. The van der Waals surface area contributed by atoms with Crippen LogP contribution in [0.15, 0.2) is 42.5 Å². The first-order valence-corrected chi connectivity index (χ1v) is 5.93. The molecule has 87 valence electrons. The lowest BCUT2D eigenvalue weighted by molar-refractivity contribution is 0.0964. The summed E-state index contributed by atoms with van der Waals surface area (Å²) in [4.78, 5) is 12.0. The lowest BCUT2D eigenvalue weighted by Crippen LogP contribution is -2.20. The van der Waals surface area contributed by atoms with E-state index in [-0.39, 0.29) is 5.91 Å². The van der Waals surface area contributed by atoms with Crippen LogP contribution >= 0.6 is 0 Å². The van der Waals surface area contributed by atoms with Crippen molar-refractivity contribution in [1.82, 2.24) is 5.32 Å². The largest absolute Gasteiger partial charge is 0.347 e. The Labute approximate surface area is 102 Å². The van der Waals surface area contributed by atoms with Crippen LogP contribution in [-0.2, 0) is 0 Å². The summed E-state index contributed by atoms with van der Waals surface area (Å²) in [6.45, 7) is 3.91. The Bertz CT molecular complexity index is 514. The molecule has 0 aliphatic heterocycles. The lowest BCUT2D eigenvalue weighted by atomic mass is 10.0. The highest BCUT2D eigenvalue weighted by molar-refractivity contribution is 6.07. The van der Waals surface area contributed by atoms with Crippen molar-refractivity contribution in [2.75, 3.05) is 0 Å². The molecular formula is C15H16NO. The number of benzene rings is 2. The first-order chi connectivity index (χ1) is 8.33. The maximum Gasteiger partial charge on any atom is 0.252 e. The highest BCUT2D eigenvalue weighted by atomic mass is 16.1. The summed E-state index contributed by atoms with van der Waals surface area (Å²) in [6, 6.07) is 13.7. The molecule has 0 saturated heterocycles. The summed E-state index contributed by atoms with van der Waals surface area (Å²) in [5.74, 6) is -0.0322. The molecule has 0 bridgehead atoms. The molecule has 0 unspecified atom stereocenters. The first-order valence-electron chi connectivity index (χ1n) is 5.93. The Balaban J connectivity index is 2.26. The molecule has 0 fully saturated rings. The average Bonchev–Trinajstić information content (AvgIpc) is 2.38. The zero-order valence-corrected chi connectivity index (χ0v) is 9.94. The van der Waals surface area contributed by atoms with Crippen molar-refractivity contribution < 1.29 is 4.79 Å². The van der Waals surface area contributed by atoms with E-state index >= 15 is 0 Å². The number of hydrogen-bond donors (Lipinski definition) is 1. The number of rotatable bonds is 4. The van der Waals surface area contributed by atoms with Crippen molar-refractivity contribution >= 4 is 16.7 Å². The number of amides is 1. The summed E-state index contributed by atoms with van der Waals surface area (Å²) in [5.41, 5.74) is 0.732. The predicted octanol–water partition coefficient (Wildman–Crippen LogP) is 3.53. The van der Waals surface area contributed by atoms with Gasteiger partial charge in [0.1, 0.15) is 0 Å². The second-order valence-electron chi connectivity index (χ2n) is 3.99. The molecule has 2 aromatic carbocycles. The quantitative estimate of drug-likeness (QED) is 0.794. The minimum absolute atomic E-state index is 0.0322. The van der Waals surface area contributed by atoms with Gasteiger partial charge in [-0.15, -0.1) is 0 Å². The second-order valence-corrected chi connectivity index (χ2v) is 3.99. The van der Waals surface area contributed by atoms with E-state index in [9.17, 15) is 4.79 Å². The Kier molecular flexibility index (Phi) is 3.76. The summed E-state index contributed by atoms with van der Waals surface area (Å²) in [7, 11) is 0. The van der Waals surface area contributed by atoms with E-state index in [1.54, 1.807) is 0 Å². The SMILES string of the molecule is CCC[CH]NC(=O)c1cccc2ccccc12. The summed E-state index contributed by atoms with van der Waals surface area (Å²) in [6.07, 6.45) is 1.94. The van der Waals surface area contributed by atoms with Crippen LogP contribution in [0.25, 0.3) is 10.8 Å². The van der Waals surface area contributed by atoms with Gasteiger partial charge in [0.05, 0.1) is 0 Å². The molecule has 0 saturated carbocycles. The molecule has 2 rings (SSSR count). The van der Waals surface area contributed by atoms with Crippen LogP contribution in [0.4, 0.5) is 0 Å². The van der Waals surface area contributed by atoms with Gasteiger partial charge in [-0.3, -0.25) is 4.79 Å². The van der Waals surface area contributed by atoms with E-state index < -0.39 is 0 Å². The molecule has 0 aromatic heterocycles. The molecule has 1 radical (unpaired) electrons. The number of unbranched alkanes of at least 4 members (excludes halogenated alkanes) is 1. The molecular weight excluding hydrogens is 210 g/mol. The van der Waals surface area contributed by atoms with Gasteiger partial charge in [-0.1, -0.05) is 49.7 Å². The van der Waals surface area contributed by atoms with Crippen molar-refractivity contribution in [1.29, 1.82) is 0 Å². The first kappa shape index (κ1) is 11.6. The number of carbonyl (C=O) groups excluding carboxylic acids is 1. The van der Waals surface area contributed by atoms with Gasteiger partial charge in [0.2, 0.25) is 0 Å². The van der Waals surface area contributed by atoms with Crippen molar-refractivity contribution in [3.8, 4) is 0 Å². The third-order valence-electron chi connectivity index (χ3n) is 2.70. The number of carbonyl (C=O) groups is 1. The van der Waals surface area contributed by atoms with Gasteiger partial charge >= 0.3 is 0 Å². The molecule has 2 heteroatoms. The molecule has 2 nitrogen and oxygen atoms in total. The topological polar surface area (TPSA) is 29.1 Å². The van der Waals surface area contributed by atoms with E-state index in [1.165, 1.54) is 0 Å². The van der Waals surface area contributed by atoms with Crippen LogP contribution in [-0.4, -0.2) is 5.91 Å². The third-order valence-corrected chi connectivity index (χ3v) is 2.70. The molecule has 2 aromatic rings. The van der Waals surface area contributed by atoms with Gasteiger partial charge in [0.25, 0.3) is 5.91 Å². The summed E-state index contributed by atoms with van der Waals surface area (Å²) in [5, 5.41) is 4.92. The highest BCUT2D eigenvalue weighted by Crippen LogP contribution is 2.18. The fourth-order valence-electron chi connectivity index (χ4n) is 1.81. The minimum atomic E-state index is -0.0322. The van der Waals surface area contributed by atoms with Crippen molar-refractivity contribution in [3.63, 3.8) is 0 Å².